The first-order valence-electron chi connectivity index (χ1n) is 5.12. The van der Waals surface area contributed by atoms with Gasteiger partial charge in [0.05, 0.1) is 18.3 Å². The van der Waals surface area contributed by atoms with Crippen LogP contribution in [-0.4, -0.2) is 28.9 Å². The van der Waals surface area contributed by atoms with E-state index < -0.39 is 0 Å². The standard InChI is InChI=1S/C11H12Br2N4/c1-2-3-17-9(6-16-11(17)14)10-8(13)4-7(12)5-15-10/h2,4-5,9H,1,3,6H2,(H2,14,16). The van der Waals surface area contributed by atoms with Gasteiger partial charge in [0, 0.05) is 21.7 Å². The Kier molecular flexibility index (Phi) is 3.83. The molecule has 2 heterocycles. The summed E-state index contributed by atoms with van der Waals surface area (Å²) in [6, 6.07) is 2.05. The minimum Gasteiger partial charge on any atom is -0.370 e. The van der Waals surface area contributed by atoms with Crippen LogP contribution in [-0.2, 0) is 0 Å². The molecule has 0 fully saturated rings. The fraction of sp³-hybridized carbons (Fsp3) is 0.273. The highest BCUT2D eigenvalue weighted by Crippen LogP contribution is 2.30. The number of rotatable bonds is 3. The minimum absolute atomic E-state index is 0.0791. The molecule has 1 aliphatic rings. The number of hydrogen-bond acceptors (Lipinski definition) is 4. The van der Waals surface area contributed by atoms with Gasteiger partial charge in [-0.15, -0.1) is 6.58 Å². The average molecular weight is 360 g/mol. The number of pyridine rings is 1. The third kappa shape index (κ3) is 2.52. The van der Waals surface area contributed by atoms with Crippen molar-refractivity contribution in [3.63, 3.8) is 0 Å². The second kappa shape index (κ2) is 5.18. The van der Waals surface area contributed by atoms with E-state index in [2.05, 4.69) is 48.4 Å². The molecule has 0 radical (unpaired) electrons. The van der Waals surface area contributed by atoms with Crippen molar-refractivity contribution in [2.24, 2.45) is 10.7 Å². The first-order valence-corrected chi connectivity index (χ1v) is 6.70. The SMILES string of the molecule is C=CCN1C(N)=NCC1c1ncc(Br)cc1Br. The predicted octanol–water partition coefficient (Wildman–Crippen LogP) is 2.46. The van der Waals surface area contributed by atoms with Crippen molar-refractivity contribution in [3.05, 3.63) is 39.6 Å². The third-order valence-electron chi connectivity index (χ3n) is 2.57. The molecule has 1 aromatic rings. The van der Waals surface area contributed by atoms with Gasteiger partial charge < -0.3 is 10.6 Å². The van der Waals surface area contributed by atoms with Gasteiger partial charge in [0.2, 0.25) is 0 Å². The Morgan fingerprint density at radius 2 is 2.35 bits per heavy atom. The molecule has 1 aliphatic heterocycles. The van der Waals surface area contributed by atoms with E-state index in [0.29, 0.717) is 19.0 Å². The maximum Gasteiger partial charge on any atom is 0.192 e. The fourth-order valence-electron chi connectivity index (χ4n) is 1.79. The lowest BCUT2D eigenvalue weighted by Crippen LogP contribution is -2.36. The summed E-state index contributed by atoms with van der Waals surface area (Å²) in [6.07, 6.45) is 3.59. The summed E-state index contributed by atoms with van der Waals surface area (Å²) in [5.74, 6) is 0.548. The van der Waals surface area contributed by atoms with E-state index in [0.717, 1.165) is 14.6 Å². The topological polar surface area (TPSA) is 54.5 Å². The van der Waals surface area contributed by atoms with Crippen LogP contribution in [0.1, 0.15) is 11.7 Å². The molecular weight excluding hydrogens is 348 g/mol. The van der Waals surface area contributed by atoms with Gasteiger partial charge in [-0.2, -0.15) is 0 Å². The summed E-state index contributed by atoms with van der Waals surface area (Å²) >= 11 is 6.91. The van der Waals surface area contributed by atoms with Crippen LogP contribution >= 0.6 is 31.9 Å². The smallest absolute Gasteiger partial charge is 0.192 e. The molecule has 1 aromatic heterocycles. The molecular formula is C11H12Br2N4. The lowest BCUT2D eigenvalue weighted by molar-refractivity contribution is 0.372. The van der Waals surface area contributed by atoms with Crippen LogP contribution in [0.2, 0.25) is 0 Å². The molecule has 2 rings (SSSR count). The molecule has 0 saturated carbocycles. The Bertz CT molecular complexity index is 473. The van der Waals surface area contributed by atoms with Crippen LogP contribution < -0.4 is 5.73 Å². The minimum atomic E-state index is 0.0791. The van der Waals surface area contributed by atoms with Crippen molar-refractivity contribution < 1.29 is 0 Å². The number of aliphatic imine (C=N–C) groups is 1. The molecule has 1 atom stereocenters. The molecule has 2 N–H and O–H groups in total. The van der Waals surface area contributed by atoms with Crippen molar-refractivity contribution in [1.82, 2.24) is 9.88 Å². The molecule has 1 unspecified atom stereocenters. The van der Waals surface area contributed by atoms with E-state index in [1.165, 1.54) is 0 Å². The molecule has 0 spiro atoms. The first kappa shape index (κ1) is 12.6. The number of nitrogens with two attached hydrogens (primary N) is 1. The van der Waals surface area contributed by atoms with Gasteiger partial charge in [0.25, 0.3) is 0 Å². The second-order valence-corrected chi connectivity index (χ2v) is 5.45. The Hall–Kier alpha value is -0.880. The van der Waals surface area contributed by atoms with Gasteiger partial charge in [-0.25, -0.2) is 0 Å². The molecule has 0 amide bonds. The van der Waals surface area contributed by atoms with Crippen LogP contribution in [0.5, 0.6) is 0 Å². The molecule has 0 saturated heterocycles. The van der Waals surface area contributed by atoms with Crippen molar-refractivity contribution in [2.75, 3.05) is 13.1 Å². The Morgan fingerprint density at radius 3 is 3.00 bits per heavy atom. The van der Waals surface area contributed by atoms with Gasteiger partial charge in [-0.1, -0.05) is 6.08 Å². The lowest BCUT2D eigenvalue weighted by atomic mass is 10.1. The van der Waals surface area contributed by atoms with E-state index >= 15 is 0 Å². The third-order valence-corrected chi connectivity index (χ3v) is 3.64. The largest absolute Gasteiger partial charge is 0.370 e. The summed E-state index contributed by atoms with van der Waals surface area (Å²) in [4.78, 5) is 10.7. The highest BCUT2D eigenvalue weighted by atomic mass is 79.9. The second-order valence-electron chi connectivity index (χ2n) is 3.68. The zero-order valence-electron chi connectivity index (χ0n) is 9.11. The molecule has 0 aromatic carbocycles. The maximum absolute atomic E-state index is 5.85. The monoisotopic (exact) mass is 358 g/mol. The number of halogens is 2. The van der Waals surface area contributed by atoms with Crippen molar-refractivity contribution in [1.29, 1.82) is 0 Å². The van der Waals surface area contributed by atoms with Gasteiger partial charge in [-0.05, 0) is 37.9 Å². The molecule has 0 bridgehead atoms. The van der Waals surface area contributed by atoms with Crippen molar-refractivity contribution in [2.45, 2.75) is 6.04 Å². The molecule has 6 heteroatoms. The van der Waals surface area contributed by atoms with E-state index in [-0.39, 0.29) is 6.04 Å². The van der Waals surface area contributed by atoms with Crippen LogP contribution in [0.4, 0.5) is 0 Å². The van der Waals surface area contributed by atoms with Crippen LogP contribution in [0.15, 0.2) is 38.9 Å². The molecule has 0 aliphatic carbocycles. The van der Waals surface area contributed by atoms with Gasteiger partial charge in [0.15, 0.2) is 5.96 Å². The zero-order valence-corrected chi connectivity index (χ0v) is 12.3. The van der Waals surface area contributed by atoms with Gasteiger partial charge in [-0.3, -0.25) is 9.98 Å². The summed E-state index contributed by atoms with van der Waals surface area (Å²) in [5.41, 5.74) is 6.79. The Balaban J connectivity index is 2.31. The van der Waals surface area contributed by atoms with E-state index in [4.69, 9.17) is 5.73 Å². The first-order chi connectivity index (χ1) is 8.13. The highest BCUT2D eigenvalue weighted by molar-refractivity contribution is 9.11. The van der Waals surface area contributed by atoms with Crippen LogP contribution in [0, 0.1) is 0 Å². The van der Waals surface area contributed by atoms with Crippen molar-refractivity contribution in [3.8, 4) is 0 Å². The predicted molar refractivity (Wildman–Crippen MR) is 75.8 cm³/mol. The van der Waals surface area contributed by atoms with E-state index in [1.54, 1.807) is 6.20 Å². The molecule has 4 nitrogen and oxygen atoms in total. The summed E-state index contributed by atoms with van der Waals surface area (Å²) in [6.45, 7) is 5.03. The van der Waals surface area contributed by atoms with E-state index in [1.807, 2.05) is 17.0 Å². The highest BCUT2D eigenvalue weighted by Gasteiger charge is 2.29. The maximum atomic E-state index is 5.85. The Labute approximate surface area is 117 Å². The summed E-state index contributed by atoms with van der Waals surface area (Å²) < 4.78 is 1.89. The molecule has 17 heavy (non-hydrogen) atoms. The number of hydrogen-bond donors (Lipinski definition) is 1. The number of guanidine groups is 1. The van der Waals surface area contributed by atoms with Gasteiger partial charge in [0.1, 0.15) is 0 Å². The van der Waals surface area contributed by atoms with Gasteiger partial charge >= 0.3 is 0 Å². The zero-order chi connectivity index (χ0) is 12.4. The number of aromatic nitrogens is 1. The molecule has 90 valence electrons. The quantitative estimate of drug-likeness (QED) is 0.843. The average Bonchev–Trinajstić information content (AvgIpc) is 2.62. The summed E-state index contributed by atoms with van der Waals surface area (Å²) in [5, 5.41) is 0. The van der Waals surface area contributed by atoms with Crippen molar-refractivity contribution >= 4 is 37.8 Å². The fourth-order valence-corrected chi connectivity index (χ4v) is 3.05. The van der Waals surface area contributed by atoms with E-state index in [9.17, 15) is 0 Å². The van der Waals surface area contributed by atoms with Crippen LogP contribution in [0.25, 0.3) is 0 Å². The normalized spacial score (nSPS) is 19.3. The Morgan fingerprint density at radius 1 is 1.59 bits per heavy atom. The van der Waals surface area contributed by atoms with Crippen LogP contribution in [0.3, 0.4) is 0 Å². The summed E-state index contributed by atoms with van der Waals surface area (Å²) in [7, 11) is 0. The number of nitrogens with zero attached hydrogens (tertiary/aromatic N) is 3. The lowest BCUT2D eigenvalue weighted by Gasteiger charge is -2.25.